The van der Waals surface area contributed by atoms with Gasteiger partial charge in [0, 0.05) is 22.3 Å². The normalized spacial score (nSPS) is 12.1. The summed E-state index contributed by atoms with van der Waals surface area (Å²) in [6.07, 6.45) is 5.47. The lowest BCUT2D eigenvalue weighted by Gasteiger charge is -2.15. The van der Waals surface area contributed by atoms with Gasteiger partial charge in [-0.1, -0.05) is 29.8 Å². The third-order valence-corrected chi connectivity index (χ3v) is 5.07. The zero-order chi connectivity index (χ0) is 20.4. The van der Waals surface area contributed by atoms with Crippen molar-refractivity contribution in [2.45, 2.75) is 26.3 Å². The predicted molar refractivity (Wildman–Crippen MR) is 113 cm³/mol. The summed E-state index contributed by atoms with van der Waals surface area (Å²) in [6, 6.07) is 13.1. The summed E-state index contributed by atoms with van der Waals surface area (Å²) < 4.78 is 1.82. The average molecular weight is 406 g/mol. The van der Waals surface area contributed by atoms with Gasteiger partial charge in [-0.2, -0.15) is 5.10 Å². The number of hydrogen-bond acceptors (Lipinski definition) is 4. The number of aryl methyl sites for hydroxylation is 1. The van der Waals surface area contributed by atoms with Gasteiger partial charge in [-0.15, -0.1) is 0 Å². The van der Waals surface area contributed by atoms with Crippen LogP contribution in [0.1, 0.15) is 29.9 Å². The van der Waals surface area contributed by atoms with E-state index >= 15 is 0 Å². The number of pyridine rings is 2. The number of aromatic nitrogens is 4. The van der Waals surface area contributed by atoms with Crippen LogP contribution in [0.2, 0.25) is 5.02 Å². The number of hydrogen-bond donors (Lipinski definition) is 1. The summed E-state index contributed by atoms with van der Waals surface area (Å²) in [5.41, 5.74) is 4.30. The molecule has 1 N–H and O–H groups in total. The van der Waals surface area contributed by atoms with E-state index in [0.29, 0.717) is 10.7 Å². The van der Waals surface area contributed by atoms with Gasteiger partial charge in [0.25, 0.3) is 0 Å². The van der Waals surface area contributed by atoms with Crippen molar-refractivity contribution in [3.63, 3.8) is 0 Å². The van der Waals surface area contributed by atoms with E-state index in [1.165, 1.54) is 0 Å². The highest BCUT2D eigenvalue weighted by Gasteiger charge is 2.14. The van der Waals surface area contributed by atoms with Gasteiger partial charge in [0.05, 0.1) is 41.8 Å². The molecular weight excluding hydrogens is 386 g/mol. The van der Waals surface area contributed by atoms with Gasteiger partial charge in [-0.25, -0.2) is 4.68 Å². The van der Waals surface area contributed by atoms with Crippen LogP contribution < -0.4 is 5.32 Å². The molecule has 4 aromatic rings. The fraction of sp³-hybridized carbons (Fsp3) is 0.182. The second-order valence-electron chi connectivity index (χ2n) is 6.93. The summed E-state index contributed by atoms with van der Waals surface area (Å²) in [7, 11) is 0. The smallest absolute Gasteiger partial charge is 0.226 e. The second-order valence-corrected chi connectivity index (χ2v) is 7.34. The summed E-state index contributed by atoms with van der Waals surface area (Å²) in [6.45, 7) is 3.85. The Morgan fingerprint density at radius 1 is 1.17 bits per heavy atom. The van der Waals surface area contributed by atoms with E-state index < -0.39 is 0 Å². The Kier molecular flexibility index (Phi) is 5.27. The third-order valence-electron chi connectivity index (χ3n) is 4.73. The quantitative estimate of drug-likeness (QED) is 0.540. The number of carbonyl (C=O) groups excluding carboxylic acids is 1. The van der Waals surface area contributed by atoms with Crippen LogP contribution in [0.25, 0.3) is 16.6 Å². The molecule has 3 heterocycles. The standard InChI is InChI=1S/C22H20ClN5O/c1-14-9-18(7-8-24-14)28-21-13-25-17(10-16(21)12-26-28)11-22(29)27-15(2)19-5-3-4-6-20(19)23/h3-10,12-13,15H,11H2,1-2H3,(H,27,29)/t15-/m1/s1. The van der Waals surface area contributed by atoms with Crippen LogP contribution in [0.3, 0.4) is 0 Å². The molecule has 0 aliphatic carbocycles. The van der Waals surface area contributed by atoms with Crippen LogP contribution in [-0.2, 0) is 11.2 Å². The molecule has 146 valence electrons. The zero-order valence-electron chi connectivity index (χ0n) is 16.1. The van der Waals surface area contributed by atoms with E-state index in [4.69, 9.17) is 11.6 Å². The number of amides is 1. The molecule has 0 unspecified atom stereocenters. The maximum absolute atomic E-state index is 12.5. The Balaban J connectivity index is 1.50. The Morgan fingerprint density at radius 3 is 2.79 bits per heavy atom. The van der Waals surface area contributed by atoms with E-state index in [1.54, 1.807) is 18.6 Å². The van der Waals surface area contributed by atoms with Crippen molar-refractivity contribution in [3.8, 4) is 5.69 Å². The lowest BCUT2D eigenvalue weighted by Crippen LogP contribution is -2.28. The van der Waals surface area contributed by atoms with Crippen LogP contribution in [0.5, 0.6) is 0 Å². The molecule has 0 saturated heterocycles. The lowest BCUT2D eigenvalue weighted by atomic mass is 10.1. The maximum atomic E-state index is 12.5. The SMILES string of the molecule is Cc1cc(-n2ncc3cc(CC(=O)N[C@H](C)c4ccccc4Cl)ncc32)ccn1. The van der Waals surface area contributed by atoms with Crippen molar-refractivity contribution in [2.75, 3.05) is 0 Å². The molecule has 0 fully saturated rings. The average Bonchev–Trinajstić information content (AvgIpc) is 3.11. The first-order valence-electron chi connectivity index (χ1n) is 9.31. The molecule has 0 spiro atoms. The van der Waals surface area contributed by atoms with Crippen LogP contribution in [0, 0.1) is 6.92 Å². The van der Waals surface area contributed by atoms with Gasteiger partial charge in [-0.05, 0) is 43.7 Å². The van der Waals surface area contributed by atoms with Gasteiger partial charge >= 0.3 is 0 Å². The zero-order valence-corrected chi connectivity index (χ0v) is 16.9. The van der Waals surface area contributed by atoms with Gasteiger partial charge in [-0.3, -0.25) is 14.8 Å². The number of fused-ring (bicyclic) bond motifs is 1. The third kappa shape index (κ3) is 4.12. The molecule has 3 aromatic heterocycles. The lowest BCUT2D eigenvalue weighted by molar-refractivity contribution is -0.121. The molecule has 29 heavy (non-hydrogen) atoms. The second kappa shape index (κ2) is 8.01. The molecule has 0 saturated carbocycles. The van der Waals surface area contributed by atoms with Gasteiger partial charge in [0.15, 0.2) is 0 Å². The molecule has 0 bridgehead atoms. The Morgan fingerprint density at radius 2 is 2.00 bits per heavy atom. The molecule has 4 rings (SSSR count). The van der Waals surface area contributed by atoms with Crippen molar-refractivity contribution in [1.29, 1.82) is 0 Å². The van der Waals surface area contributed by atoms with Crippen molar-refractivity contribution < 1.29 is 4.79 Å². The van der Waals surface area contributed by atoms with Crippen LogP contribution in [-0.4, -0.2) is 25.7 Å². The highest BCUT2D eigenvalue weighted by Crippen LogP contribution is 2.22. The molecule has 1 atom stereocenters. The van der Waals surface area contributed by atoms with Crippen molar-refractivity contribution in [1.82, 2.24) is 25.1 Å². The predicted octanol–water partition coefficient (Wildman–Crippen LogP) is 4.20. The number of halogens is 1. The Bertz CT molecular complexity index is 1190. The van der Waals surface area contributed by atoms with Crippen molar-refractivity contribution in [3.05, 3.63) is 83.0 Å². The Hall–Kier alpha value is -3.25. The number of benzene rings is 1. The first kappa shape index (κ1) is 19.1. The summed E-state index contributed by atoms with van der Waals surface area (Å²) in [5.74, 6) is -0.110. The van der Waals surface area contributed by atoms with E-state index in [0.717, 1.165) is 27.8 Å². The Labute approximate surface area is 173 Å². The molecule has 1 aromatic carbocycles. The first-order chi connectivity index (χ1) is 14.0. The number of rotatable bonds is 5. The molecule has 7 heteroatoms. The fourth-order valence-corrected chi connectivity index (χ4v) is 3.60. The number of carbonyl (C=O) groups is 1. The topological polar surface area (TPSA) is 72.7 Å². The number of nitrogens with zero attached hydrogens (tertiary/aromatic N) is 4. The van der Waals surface area contributed by atoms with Gasteiger partial charge in [0.2, 0.25) is 5.91 Å². The molecule has 0 aliphatic rings. The largest absolute Gasteiger partial charge is 0.349 e. The highest BCUT2D eigenvalue weighted by molar-refractivity contribution is 6.31. The molecular formula is C22H20ClN5O. The monoisotopic (exact) mass is 405 g/mol. The molecule has 0 aliphatic heterocycles. The summed E-state index contributed by atoms with van der Waals surface area (Å²) in [5, 5.41) is 9.00. The van der Waals surface area contributed by atoms with E-state index in [1.807, 2.05) is 61.0 Å². The maximum Gasteiger partial charge on any atom is 0.226 e. The van der Waals surface area contributed by atoms with Gasteiger partial charge in [0.1, 0.15) is 0 Å². The summed E-state index contributed by atoms with van der Waals surface area (Å²) >= 11 is 6.21. The molecule has 0 radical (unpaired) electrons. The first-order valence-corrected chi connectivity index (χ1v) is 9.68. The number of nitrogens with one attached hydrogen (secondary N) is 1. The van der Waals surface area contributed by atoms with Crippen LogP contribution in [0.15, 0.2) is 61.1 Å². The molecule has 6 nitrogen and oxygen atoms in total. The summed E-state index contributed by atoms with van der Waals surface area (Å²) in [4.78, 5) is 21.2. The van der Waals surface area contributed by atoms with E-state index in [9.17, 15) is 4.79 Å². The van der Waals surface area contributed by atoms with Crippen molar-refractivity contribution in [2.24, 2.45) is 0 Å². The minimum Gasteiger partial charge on any atom is -0.349 e. The molecule has 1 amide bonds. The van der Waals surface area contributed by atoms with E-state index in [2.05, 4.69) is 20.4 Å². The van der Waals surface area contributed by atoms with Crippen LogP contribution >= 0.6 is 11.6 Å². The fourth-order valence-electron chi connectivity index (χ4n) is 3.30. The van der Waals surface area contributed by atoms with Crippen LogP contribution in [0.4, 0.5) is 0 Å². The van der Waals surface area contributed by atoms with Gasteiger partial charge < -0.3 is 5.32 Å². The highest BCUT2D eigenvalue weighted by atomic mass is 35.5. The minimum atomic E-state index is -0.183. The van der Waals surface area contributed by atoms with E-state index in [-0.39, 0.29) is 18.4 Å². The van der Waals surface area contributed by atoms with Crippen molar-refractivity contribution >= 4 is 28.4 Å². The minimum absolute atomic E-state index is 0.110.